The molecule has 1 aromatic carbocycles. The third-order valence-electron chi connectivity index (χ3n) is 4.67. The molecule has 9 heteroatoms. The van der Waals surface area contributed by atoms with Crippen molar-refractivity contribution in [2.24, 2.45) is 16.0 Å². The summed E-state index contributed by atoms with van der Waals surface area (Å²) >= 11 is 0. The molecule has 0 saturated carbocycles. The third kappa shape index (κ3) is 6.51. The second-order valence-corrected chi connectivity index (χ2v) is 8.23. The number of hydrogen-bond acceptors (Lipinski definition) is 4. The number of hydrogen-bond donors (Lipinski definition) is 3. The highest BCUT2D eigenvalue weighted by molar-refractivity contribution is 7.89. The molecule has 1 saturated heterocycles. The van der Waals surface area contributed by atoms with Crippen molar-refractivity contribution in [1.29, 1.82) is 0 Å². The average Bonchev–Trinajstić information content (AvgIpc) is 2.65. The first kappa shape index (κ1) is 21.2. The van der Waals surface area contributed by atoms with Gasteiger partial charge in [0, 0.05) is 33.1 Å². The van der Waals surface area contributed by atoms with Crippen molar-refractivity contribution in [3.8, 4) is 0 Å². The van der Waals surface area contributed by atoms with Crippen LogP contribution in [0.3, 0.4) is 0 Å². The summed E-state index contributed by atoms with van der Waals surface area (Å²) in [5.74, 6) is 1.35. The summed E-state index contributed by atoms with van der Waals surface area (Å²) in [5, 5.41) is 11.1. The Morgan fingerprint density at radius 3 is 2.41 bits per heavy atom. The summed E-state index contributed by atoms with van der Waals surface area (Å²) in [5.41, 5.74) is 0.910. The van der Waals surface area contributed by atoms with E-state index in [4.69, 9.17) is 5.14 Å². The molecule has 150 valence electrons. The Kier molecular flexibility index (Phi) is 7.61. The number of benzene rings is 1. The normalized spacial score (nSPS) is 16.3. The highest BCUT2D eigenvalue weighted by atomic mass is 32.2. The van der Waals surface area contributed by atoms with E-state index in [1.807, 2.05) is 6.92 Å². The zero-order valence-corrected chi connectivity index (χ0v) is 16.8. The number of primary sulfonamides is 1. The number of carbonyl (C=O) groups is 1. The van der Waals surface area contributed by atoms with E-state index < -0.39 is 10.0 Å². The zero-order chi connectivity index (χ0) is 19.9. The maximum Gasteiger partial charge on any atom is 0.238 e. The van der Waals surface area contributed by atoms with Crippen molar-refractivity contribution in [2.45, 2.75) is 37.6 Å². The minimum atomic E-state index is -3.68. The summed E-state index contributed by atoms with van der Waals surface area (Å²) < 4.78 is 22.6. The monoisotopic (exact) mass is 395 g/mol. The van der Waals surface area contributed by atoms with Gasteiger partial charge in [0.2, 0.25) is 15.9 Å². The van der Waals surface area contributed by atoms with E-state index in [9.17, 15) is 13.2 Å². The number of aliphatic imine (C=N–C) groups is 1. The third-order valence-corrected chi connectivity index (χ3v) is 5.59. The van der Waals surface area contributed by atoms with Crippen molar-refractivity contribution in [3.63, 3.8) is 0 Å². The van der Waals surface area contributed by atoms with Gasteiger partial charge < -0.3 is 15.5 Å². The van der Waals surface area contributed by atoms with Crippen molar-refractivity contribution >= 4 is 21.9 Å². The van der Waals surface area contributed by atoms with E-state index in [0.29, 0.717) is 18.9 Å². The van der Waals surface area contributed by atoms with E-state index in [1.54, 1.807) is 19.2 Å². The first-order valence-corrected chi connectivity index (χ1v) is 10.7. The predicted octanol–water partition coefficient (Wildman–Crippen LogP) is 0.648. The molecule has 0 aromatic heterocycles. The number of carbonyl (C=O) groups excluding carboxylic acids is 1. The molecule has 2 rings (SSSR count). The number of nitrogens with zero attached hydrogens (tertiary/aromatic N) is 2. The van der Waals surface area contributed by atoms with Crippen LogP contribution in [0.4, 0.5) is 0 Å². The van der Waals surface area contributed by atoms with Crippen molar-refractivity contribution in [1.82, 2.24) is 15.5 Å². The van der Waals surface area contributed by atoms with Crippen LogP contribution in [0.25, 0.3) is 0 Å². The maximum absolute atomic E-state index is 11.5. The van der Waals surface area contributed by atoms with Crippen LogP contribution in [0.2, 0.25) is 0 Å². The van der Waals surface area contributed by atoms with Crippen LogP contribution in [0.1, 0.15) is 31.7 Å². The molecule has 8 nitrogen and oxygen atoms in total. The molecule has 0 spiro atoms. The molecule has 1 heterocycles. The number of nitrogens with one attached hydrogen (secondary N) is 2. The van der Waals surface area contributed by atoms with E-state index in [0.717, 1.165) is 44.0 Å². The second-order valence-electron chi connectivity index (χ2n) is 6.67. The number of sulfonamides is 1. The molecule has 1 aliphatic heterocycles. The van der Waals surface area contributed by atoms with Crippen molar-refractivity contribution in [3.05, 3.63) is 29.8 Å². The molecule has 0 atom stereocenters. The Morgan fingerprint density at radius 2 is 1.89 bits per heavy atom. The van der Waals surface area contributed by atoms with E-state index >= 15 is 0 Å². The van der Waals surface area contributed by atoms with Crippen LogP contribution in [-0.2, 0) is 21.4 Å². The highest BCUT2D eigenvalue weighted by Gasteiger charge is 2.23. The fourth-order valence-corrected chi connectivity index (χ4v) is 3.61. The molecule has 0 bridgehead atoms. The lowest BCUT2D eigenvalue weighted by Crippen LogP contribution is -2.46. The standard InChI is InChI=1S/C18H29N5O3S/c1-3-21-18(23-10-8-14(9-11-23)12-17(24)20-2)22-13-15-4-6-16(7-5-15)27(19,25)26/h4-7,14H,3,8-13H2,1-2H3,(H,20,24)(H,21,22)(H2,19,25,26). The number of piperidine rings is 1. The predicted molar refractivity (Wildman–Crippen MR) is 106 cm³/mol. The molecule has 4 N–H and O–H groups in total. The summed E-state index contributed by atoms with van der Waals surface area (Å²) in [7, 11) is -2.01. The SMILES string of the molecule is CCNC(=NCc1ccc(S(N)(=O)=O)cc1)N1CCC(CC(=O)NC)CC1. The van der Waals surface area contributed by atoms with E-state index in [1.165, 1.54) is 12.1 Å². The van der Waals surface area contributed by atoms with Gasteiger partial charge in [0.25, 0.3) is 0 Å². The number of nitrogens with two attached hydrogens (primary N) is 1. The minimum absolute atomic E-state index is 0.0944. The smallest absolute Gasteiger partial charge is 0.238 e. The van der Waals surface area contributed by atoms with Gasteiger partial charge in [0.15, 0.2) is 5.96 Å². The molecule has 1 aliphatic rings. The van der Waals surface area contributed by atoms with Crippen LogP contribution in [0, 0.1) is 5.92 Å². The van der Waals surface area contributed by atoms with Crippen LogP contribution >= 0.6 is 0 Å². The number of guanidine groups is 1. The number of amides is 1. The fourth-order valence-electron chi connectivity index (χ4n) is 3.09. The van der Waals surface area contributed by atoms with E-state index in [-0.39, 0.29) is 10.8 Å². The molecule has 0 unspecified atom stereocenters. The Morgan fingerprint density at radius 1 is 1.26 bits per heavy atom. The number of likely N-dealkylation sites (tertiary alicyclic amines) is 1. The minimum Gasteiger partial charge on any atom is -0.359 e. The molecule has 0 radical (unpaired) electrons. The number of rotatable bonds is 6. The molecule has 1 fully saturated rings. The van der Waals surface area contributed by atoms with Crippen LogP contribution in [0.15, 0.2) is 34.2 Å². The summed E-state index contributed by atoms with van der Waals surface area (Å²) in [6.07, 6.45) is 2.50. The van der Waals surface area contributed by atoms with Gasteiger partial charge in [0.05, 0.1) is 11.4 Å². The second kappa shape index (κ2) is 9.70. The Bertz CT molecular complexity index is 754. The average molecular weight is 396 g/mol. The lowest BCUT2D eigenvalue weighted by atomic mass is 9.93. The Hall–Kier alpha value is -2.13. The Balaban J connectivity index is 1.97. The molecular weight excluding hydrogens is 366 g/mol. The fraction of sp³-hybridized carbons (Fsp3) is 0.556. The topological polar surface area (TPSA) is 117 Å². The van der Waals surface area contributed by atoms with Gasteiger partial charge in [-0.2, -0.15) is 0 Å². The maximum atomic E-state index is 11.5. The molecular formula is C18H29N5O3S. The van der Waals surface area contributed by atoms with Crippen LogP contribution in [0.5, 0.6) is 0 Å². The van der Waals surface area contributed by atoms with Gasteiger partial charge in [-0.1, -0.05) is 12.1 Å². The molecule has 1 aromatic rings. The van der Waals surface area contributed by atoms with Gasteiger partial charge in [-0.05, 0) is 43.4 Å². The van der Waals surface area contributed by atoms with Crippen LogP contribution in [-0.4, -0.2) is 51.9 Å². The van der Waals surface area contributed by atoms with Gasteiger partial charge in [0.1, 0.15) is 0 Å². The van der Waals surface area contributed by atoms with Crippen molar-refractivity contribution < 1.29 is 13.2 Å². The highest BCUT2D eigenvalue weighted by Crippen LogP contribution is 2.20. The Labute approximate surface area is 161 Å². The van der Waals surface area contributed by atoms with Gasteiger partial charge in [-0.3, -0.25) is 4.79 Å². The first-order valence-electron chi connectivity index (χ1n) is 9.19. The lowest BCUT2D eigenvalue weighted by Gasteiger charge is -2.34. The lowest BCUT2D eigenvalue weighted by molar-refractivity contribution is -0.121. The van der Waals surface area contributed by atoms with Gasteiger partial charge in [-0.15, -0.1) is 0 Å². The summed E-state index contributed by atoms with van der Waals surface area (Å²) in [6, 6.07) is 6.44. The van der Waals surface area contributed by atoms with Gasteiger partial charge >= 0.3 is 0 Å². The van der Waals surface area contributed by atoms with E-state index in [2.05, 4.69) is 20.5 Å². The molecule has 1 amide bonds. The quantitative estimate of drug-likeness (QED) is 0.483. The van der Waals surface area contributed by atoms with Gasteiger partial charge in [-0.25, -0.2) is 18.5 Å². The largest absolute Gasteiger partial charge is 0.359 e. The zero-order valence-electron chi connectivity index (χ0n) is 15.9. The summed E-state index contributed by atoms with van der Waals surface area (Å²) in [4.78, 5) is 18.5. The molecule has 0 aliphatic carbocycles. The van der Waals surface area contributed by atoms with Crippen molar-refractivity contribution in [2.75, 3.05) is 26.7 Å². The van der Waals surface area contributed by atoms with Crippen LogP contribution < -0.4 is 15.8 Å². The molecule has 27 heavy (non-hydrogen) atoms. The summed E-state index contributed by atoms with van der Waals surface area (Å²) in [6.45, 7) is 4.96. The first-order chi connectivity index (χ1) is 12.8.